The number of methoxy groups -OCH3 is 1. The lowest BCUT2D eigenvalue weighted by atomic mass is 9.90. The minimum absolute atomic E-state index is 0.143. The van der Waals surface area contributed by atoms with Gasteiger partial charge in [-0.25, -0.2) is 8.42 Å². The largest absolute Gasteiger partial charge is 0.385 e. The van der Waals surface area contributed by atoms with Crippen LogP contribution in [-0.4, -0.2) is 46.7 Å². The van der Waals surface area contributed by atoms with Crippen LogP contribution in [0, 0.1) is 5.41 Å². The third kappa shape index (κ3) is 9.56. The lowest BCUT2D eigenvalue weighted by Gasteiger charge is -2.24. The summed E-state index contributed by atoms with van der Waals surface area (Å²) in [7, 11) is -1.16. The van der Waals surface area contributed by atoms with Crippen LogP contribution in [0.15, 0.2) is 0 Å². The average Bonchev–Trinajstić information content (AvgIpc) is 2.22. The zero-order chi connectivity index (χ0) is 13.4. The van der Waals surface area contributed by atoms with Crippen LogP contribution in [0.2, 0.25) is 0 Å². The summed E-state index contributed by atoms with van der Waals surface area (Å²) >= 11 is 0. The molecule has 0 heterocycles. The Hall–Kier alpha value is -0.130. The molecule has 0 rings (SSSR count). The summed E-state index contributed by atoms with van der Waals surface area (Å²) in [5, 5.41) is 3.21. The summed E-state index contributed by atoms with van der Waals surface area (Å²) in [6, 6.07) is 0. The molecular weight excluding hydrogens is 238 g/mol. The molecule has 0 saturated carbocycles. The van der Waals surface area contributed by atoms with Gasteiger partial charge >= 0.3 is 0 Å². The molecule has 0 aliphatic rings. The molecule has 0 amide bonds. The van der Waals surface area contributed by atoms with Crippen LogP contribution in [-0.2, 0) is 14.6 Å². The fourth-order valence-electron chi connectivity index (χ4n) is 1.53. The van der Waals surface area contributed by atoms with Crippen molar-refractivity contribution in [1.29, 1.82) is 0 Å². The first-order chi connectivity index (χ1) is 7.83. The molecule has 0 aliphatic heterocycles. The Morgan fingerprint density at radius 1 is 1.24 bits per heavy atom. The summed E-state index contributed by atoms with van der Waals surface area (Å²) in [6.45, 7) is 8.29. The van der Waals surface area contributed by atoms with E-state index in [1.54, 1.807) is 7.11 Å². The fraction of sp³-hybridized carbons (Fsp3) is 1.00. The van der Waals surface area contributed by atoms with E-state index in [-0.39, 0.29) is 11.2 Å². The number of hydrogen-bond acceptors (Lipinski definition) is 4. The second-order valence-corrected chi connectivity index (χ2v) is 7.54. The van der Waals surface area contributed by atoms with Crippen molar-refractivity contribution in [3.63, 3.8) is 0 Å². The molecule has 0 aromatic rings. The highest BCUT2D eigenvalue weighted by Gasteiger charge is 2.17. The minimum Gasteiger partial charge on any atom is -0.385 e. The van der Waals surface area contributed by atoms with Gasteiger partial charge in [0.2, 0.25) is 0 Å². The van der Waals surface area contributed by atoms with Gasteiger partial charge in [-0.05, 0) is 18.3 Å². The quantitative estimate of drug-likeness (QED) is 0.608. The van der Waals surface area contributed by atoms with Gasteiger partial charge in [0.15, 0.2) is 9.84 Å². The molecule has 0 bridgehead atoms. The summed E-state index contributed by atoms with van der Waals surface area (Å²) < 4.78 is 28.0. The lowest BCUT2D eigenvalue weighted by Crippen LogP contribution is -2.33. The molecule has 104 valence electrons. The third-order valence-corrected chi connectivity index (χ3v) is 4.55. The van der Waals surface area contributed by atoms with E-state index in [0.717, 1.165) is 19.6 Å². The molecule has 5 heteroatoms. The molecule has 0 fully saturated rings. The summed E-state index contributed by atoms with van der Waals surface area (Å²) in [5.74, 6) is 0.531. The monoisotopic (exact) mass is 265 g/mol. The summed E-state index contributed by atoms with van der Waals surface area (Å²) in [5.41, 5.74) is 0.143. The molecular formula is C12H27NO3S. The molecule has 0 aromatic carbocycles. The zero-order valence-electron chi connectivity index (χ0n) is 11.6. The van der Waals surface area contributed by atoms with Crippen LogP contribution in [0.3, 0.4) is 0 Å². The predicted molar refractivity (Wildman–Crippen MR) is 72.1 cm³/mol. The van der Waals surface area contributed by atoms with Crippen LogP contribution < -0.4 is 5.32 Å². The van der Waals surface area contributed by atoms with E-state index in [2.05, 4.69) is 19.2 Å². The average molecular weight is 265 g/mol. The van der Waals surface area contributed by atoms with Gasteiger partial charge in [-0.3, -0.25) is 0 Å². The highest BCUT2D eigenvalue weighted by Crippen LogP contribution is 2.18. The predicted octanol–water partition coefficient (Wildman–Crippen LogP) is 1.46. The molecule has 0 saturated heterocycles. The first-order valence-electron chi connectivity index (χ1n) is 6.23. The van der Waals surface area contributed by atoms with Crippen LogP contribution in [0.5, 0.6) is 0 Å². The van der Waals surface area contributed by atoms with Gasteiger partial charge in [0.25, 0.3) is 0 Å². The second kappa shape index (κ2) is 8.06. The number of hydrogen-bond donors (Lipinski definition) is 1. The molecule has 0 unspecified atom stereocenters. The number of ether oxygens (including phenoxy) is 1. The van der Waals surface area contributed by atoms with E-state index in [1.165, 1.54) is 0 Å². The highest BCUT2D eigenvalue weighted by molar-refractivity contribution is 7.91. The van der Waals surface area contributed by atoms with Crippen LogP contribution in [0.25, 0.3) is 0 Å². The van der Waals surface area contributed by atoms with Crippen LogP contribution in [0.1, 0.15) is 33.6 Å². The number of sulfone groups is 1. The minimum atomic E-state index is -2.85. The van der Waals surface area contributed by atoms with Gasteiger partial charge in [-0.1, -0.05) is 20.8 Å². The Kier molecular flexibility index (Phi) is 8.00. The molecule has 0 spiro atoms. The lowest BCUT2D eigenvalue weighted by molar-refractivity contribution is 0.151. The van der Waals surface area contributed by atoms with Gasteiger partial charge in [-0.2, -0.15) is 0 Å². The van der Waals surface area contributed by atoms with Crippen molar-refractivity contribution in [1.82, 2.24) is 5.32 Å². The molecule has 0 radical (unpaired) electrons. The van der Waals surface area contributed by atoms with Crippen LogP contribution >= 0.6 is 0 Å². The maximum atomic E-state index is 11.5. The van der Waals surface area contributed by atoms with E-state index in [1.807, 2.05) is 6.92 Å². The van der Waals surface area contributed by atoms with Gasteiger partial charge in [-0.15, -0.1) is 0 Å². The molecule has 0 aliphatic carbocycles. The van der Waals surface area contributed by atoms with E-state index in [0.29, 0.717) is 18.7 Å². The first kappa shape index (κ1) is 16.9. The fourth-order valence-corrected chi connectivity index (χ4v) is 2.82. The standard InChI is InChI=1S/C12H27NO3S/c1-5-9-17(14,15)10-7-13-11-12(2,3)6-8-16-4/h13H,5-11H2,1-4H3. The second-order valence-electron chi connectivity index (χ2n) is 5.24. The Bertz CT molecular complexity index is 286. The molecule has 0 aromatic heterocycles. The van der Waals surface area contributed by atoms with Crippen molar-refractivity contribution in [3.05, 3.63) is 0 Å². The van der Waals surface area contributed by atoms with Gasteiger partial charge in [0.05, 0.1) is 5.75 Å². The SMILES string of the molecule is CCCS(=O)(=O)CCNCC(C)(C)CCOC. The summed E-state index contributed by atoms with van der Waals surface area (Å²) in [6.07, 6.45) is 1.67. The highest BCUT2D eigenvalue weighted by atomic mass is 32.2. The third-order valence-electron chi connectivity index (χ3n) is 2.69. The smallest absolute Gasteiger partial charge is 0.151 e. The van der Waals surface area contributed by atoms with Gasteiger partial charge in [0.1, 0.15) is 0 Å². The van der Waals surface area contributed by atoms with Crippen molar-refractivity contribution in [2.45, 2.75) is 33.6 Å². The van der Waals surface area contributed by atoms with Crippen molar-refractivity contribution >= 4 is 9.84 Å². The first-order valence-corrected chi connectivity index (χ1v) is 8.05. The normalized spacial score (nSPS) is 12.9. The maximum absolute atomic E-state index is 11.5. The van der Waals surface area contributed by atoms with Crippen molar-refractivity contribution in [3.8, 4) is 0 Å². The van der Waals surface area contributed by atoms with Gasteiger partial charge in [0, 0.05) is 32.6 Å². The molecule has 1 N–H and O–H groups in total. The van der Waals surface area contributed by atoms with E-state index in [4.69, 9.17) is 4.74 Å². The topological polar surface area (TPSA) is 55.4 Å². The molecule has 17 heavy (non-hydrogen) atoms. The van der Waals surface area contributed by atoms with E-state index < -0.39 is 9.84 Å². The van der Waals surface area contributed by atoms with Crippen molar-refractivity contribution in [2.24, 2.45) is 5.41 Å². The van der Waals surface area contributed by atoms with E-state index >= 15 is 0 Å². The maximum Gasteiger partial charge on any atom is 0.151 e. The molecule has 4 nitrogen and oxygen atoms in total. The van der Waals surface area contributed by atoms with Crippen molar-refractivity contribution < 1.29 is 13.2 Å². The Labute approximate surface area is 106 Å². The number of rotatable bonds is 10. The Morgan fingerprint density at radius 3 is 2.41 bits per heavy atom. The zero-order valence-corrected chi connectivity index (χ0v) is 12.4. The Morgan fingerprint density at radius 2 is 1.88 bits per heavy atom. The van der Waals surface area contributed by atoms with E-state index in [9.17, 15) is 8.42 Å². The van der Waals surface area contributed by atoms with Gasteiger partial charge < -0.3 is 10.1 Å². The van der Waals surface area contributed by atoms with Crippen molar-refractivity contribution in [2.75, 3.05) is 38.3 Å². The number of nitrogens with one attached hydrogen (secondary N) is 1. The van der Waals surface area contributed by atoms with Crippen LogP contribution in [0.4, 0.5) is 0 Å². The Balaban J connectivity index is 3.77. The molecule has 0 atom stereocenters. The summed E-state index contributed by atoms with van der Waals surface area (Å²) in [4.78, 5) is 0.